The lowest BCUT2D eigenvalue weighted by molar-refractivity contribution is -0.113. The Morgan fingerprint density at radius 3 is 2.75 bits per heavy atom. The normalized spacial score (nSPS) is 13.3. The van der Waals surface area contributed by atoms with Crippen LogP contribution >= 0.6 is 23.1 Å². The topological polar surface area (TPSA) is 115 Å². The number of amides is 2. The number of unbranched alkanes of at least 4 members (excludes halogenated alkanes) is 1. The molecule has 1 aliphatic rings. The summed E-state index contributed by atoms with van der Waals surface area (Å²) in [5.74, 6) is -0.00650. The maximum atomic E-state index is 12.6. The van der Waals surface area contributed by atoms with E-state index in [4.69, 9.17) is 5.73 Å². The number of hydrogen-bond acceptors (Lipinski definition) is 7. The summed E-state index contributed by atoms with van der Waals surface area (Å²) in [6.45, 7) is 6.21. The second-order valence-electron chi connectivity index (χ2n) is 8.09. The first-order valence-electron chi connectivity index (χ1n) is 11.0. The number of nitrogens with one attached hydrogen (secondary N) is 1. The molecule has 0 aliphatic heterocycles. The molecule has 3 aromatic rings. The van der Waals surface area contributed by atoms with Crippen LogP contribution in [-0.4, -0.2) is 37.1 Å². The number of primary amides is 1. The zero-order valence-corrected chi connectivity index (χ0v) is 20.3. The second kappa shape index (κ2) is 9.58. The Balaban J connectivity index is 1.47. The standard InChI is InChI=1S/C22H28N6O2S2/c1-4-5-8-14-12(2)24-21-26-22(27-28(21)13(14)3)31-11-17(29)25-20-18(19(23)30)15-9-6-7-10-16(15)32-20/h4-11H2,1-3H3,(H2,23,30)(H,25,29). The monoisotopic (exact) mass is 472 g/mol. The molecule has 2 amide bonds. The number of nitrogens with zero attached hydrogens (tertiary/aromatic N) is 4. The van der Waals surface area contributed by atoms with Crippen molar-refractivity contribution in [2.75, 3.05) is 11.1 Å². The quantitative estimate of drug-likeness (QED) is 0.481. The van der Waals surface area contributed by atoms with Gasteiger partial charge < -0.3 is 11.1 Å². The Kier molecular flexibility index (Phi) is 6.80. The van der Waals surface area contributed by atoms with Crippen molar-refractivity contribution < 1.29 is 9.59 Å². The van der Waals surface area contributed by atoms with Gasteiger partial charge in [0.2, 0.25) is 11.1 Å². The van der Waals surface area contributed by atoms with Gasteiger partial charge in [-0.3, -0.25) is 9.59 Å². The minimum absolute atomic E-state index is 0.137. The van der Waals surface area contributed by atoms with Gasteiger partial charge in [0.25, 0.3) is 11.7 Å². The van der Waals surface area contributed by atoms with Gasteiger partial charge in [0, 0.05) is 16.3 Å². The van der Waals surface area contributed by atoms with Crippen LogP contribution < -0.4 is 11.1 Å². The fourth-order valence-corrected chi connectivity index (χ4v) is 6.10. The van der Waals surface area contributed by atoms with Crippen molar-refractivity contribution in [3.05, 3.63) is 33.0 Å². The number of thioether (sulfide) groups is 1. The van der Waals surface area contributed by atoms with Crippen LogP contribution in [0.5, 0.6) is 0 Å². The van der Waals surface area contributed by atoms with E-state index in [-0.39, 0.29) is 11.7 Å². The molecule has 3 heterocycles. The van der Waals surface area contributed by atoms with Gasteiger partial charge in [-0.1, -0.05) is 25.1 Å². The molecule has 0 saturated heterocycles. The molecular weight excluding hydrogens is 444 g/mol. The van der Waals surface area contributed by atoms with Crippen LogP contribution in [0.1, 0.15) is 70.4 Å². The maximum absolute atomic E-state index is 12.6. The van der Waals surface area contributed by atoms with Gasteiger partial charge in [-0.05, 0) is 63.5 Å². The van der Waals surface area contributed by atoms with E-state index in [1.165, 1.54) is 28.7 Å². The molecule has 0 saturated carbocycles. The number of thiophene rings is 1. The Labute approximate surface area is 195 Å². The largest absolute Gasteiger partial charge is 0.365 e. The van der Waals surface area contributed by atoms with Crippen molar-refractivity contribution in [1.29, 1.82) is 0 Å². The number of nitrogens with two attached hydrogens (primary N) is 1. The predicted molar refractivity (Wildman–Crippen MR) is 128 cm³/mol. The van der Waals surface area contributed by atoms with Crippen LogP contribution in [0, 0.1) is 13.8 Å². The van der Waals surface area contributed by atoms with E-state index in [1.807, 2.05) is 13.8 Å². The first-order chi connectivity index (χ1) is 15.4. The van der Waals surface area contributed by atoms with Crippen molar-refractivity contribution >= 4 is 45.7 Å². The van der Waals surface area contributed by atoms with E-state index in [0.29, 0.717) is 21.5 Å². The third-order valence-electron chi connectivity index (χ3n) is 5.81. The van der Waals surface area contributed by atoms with E-state index in [1.54, 1.807) is 4.52 Å². The van der Waals surface area contributed by atoms with Crippen molar-refractivity contribution in [2.24, 2.45) is 5.73 Å². The van der Waals surface area contributed by atoms with Crippen LogP contribution in [0.25, 0.3) is 5.78 Å². The number of fused-ring (bicyclic) bond motifs is 2. The molecule has 1 aliphatic carbocycles. The molecule has 32 heavy (non-hydrogen) atoms. The van der Waals surface area contributed by atoms with Crippen LogP contribution in [0.3, 0.4) is 0 Å². The molecule has 0 aromatic carbocycles. The molecule has 0 fully saturated rings. The smallest absolute Gasteiger partial charge is 0.253 e. The molecule has 0 atom stereocenters. The fourth-order valence-electron chi connectivity index (χ4n) is 4.17. The summed E-state index contributed by atoms with van der Waals surface area (Å²) in [5, 5.41) is 8.51. The van der Waals surface area contributed by atoms with Crippen molar-refractivity contribution in [1.82, 2.24) is 19.6 Å². The summed E-state index contributed by atoms with van der Waals surface area (Å²) in [6, 6.07) is 0. The Bertz CT molecular complexity index is 1180. The van der Waals surface area contributed by atoms with E-state index in [2.05, 4.69) is 27.3 Å². The van der Waals surface area contributed by atoms with Crippen molar-refractivity contribution in [3.8, 4) is 0 Å². The van der Waals surface area contributed by atoms with Gasteiger partial charge in [0.1, 0.15) is 5.00 Å². The summed E-state index contributed by atoms with van der Waals surface area (Å²) in [6.07, 6.45) is 7.10. The predicted octanol–water partition coefficient (Wildman–Crippen LogP) is 3.85. The molecule has 0 spiro atoms. The lowest BCUT2D eigenvalue weighted by atomic mass is 9.95. The molecule has 0 unspecified atom stereocenters. The number of carbonyl (C=O) groups is 2. The molecular formula is C22H28N6O2S2. The van der Waals surface area contributed by atoms with Gasteiger partial charge in [0.05, 0.1) is 11.3 Å². The Morgan fingerprint density at radius 2 is 2.00 bits per heavy atom. The summed E-state index contributed by atoms with van der Waals surface area (Å²) in [7, 11) is 0. The zero-order valence-electron chi connectivity index (χ0n) is 18.7. The first kappa shape index (κ1) is 22.7. The molecule has 8 nitrogen and oxygen atoms in total. The summed E-state index contributed by atoms with van der Waals surface area (Å²) in [4.78, 5) is 34.9. The van der Waals surface area contributed by atoms with Crippen LogP contribution in [0.15, 0.2) is 5.16 Å². The molecule has 0 bridgehead atoms. The van der Waals surface area contributed by atoms with Gasteiger partial charge in [-0.2, -0.15) is 4.98 Å². The average molecular weight is 473 g/mol. The lowest BCUT2D eigenvalue weighted by Crippen LogP contribution is -2.19. The van der Waals surface area contributed by atoms with Gasteiger partial charge in [-0.15, -0.1) is 16.4 Å². The number of aryl methyl sites for hydroxylation is 3. The minimum Gasteiger partial charge on any atom is -0.365 e. The fraction of sp³-hybridized carbons (Fsp3) is 0.500. The molecule has 3 aromatic heterocycles. The van der Waals surface area contributed by atoms with E-state index in [9.17, 15) is 9.59 Å². The van der Waals surface area contributed by atoms with Crippen LogP contribution in [0.2, 0.25) is 0 Å². The maximum Gasteiger partial charge on any atom is 0.253 e. The highest BCUT2D eigenvalue weighted by Crippen LogP contribution is 2.38. The lowest BCUT2D eigenvalue weighted by Gasteiger charge is -2.11. The molecule has 3 N–H and O–H groups in total. The van der Waals surface area contributed by atoms with Gasteiger partial charge in [0.15, 0.2) is 0 Å². The SMILES string of the molecule is CCCCc1c(C)nc2nc(SCC(=O)Nc3sc4c(c3C(N)=O)CCCC4)nn2c1C. The molecule has 0 radical (unpaired) electrons. The number of anilines is 1. The highest BCUT2D eigenvalue weighted by atomic mass is 32.2. The first-order valence-corrected chi connectivity index (χ1v) is 12.8. The Morgan fingerprint density at radius 1 is 1.22 bits per heavy atom. The van der Waals surface area contributed by atoms with E-state index < -0.39 is 5.91 Å². The van der Waals surface area contributed by atoms with Crippen molar-refractivity contribution in [3.63, 3.8) is 0 Å². The molecule has 10 heteroatoms. The number of aromatic nitrogens is 4. The molecule has 170 valence electrons. The minimum atomic E-state index is -0.481. The Hall–Kier alpha value is -2.46. The third-order valence-corrected chi connectivity index (χ3v) is 7.86. The van der Waals surface area contributed by atoms with Gasteiger partial charge >= 0.3 is 0 Å². The van der Waals surface area contributed by atoms with E-state index >= 15 is 0 Å². The van der Waals surface area contributed by atoms with Crippen LogP contribution in [0.4, 0.5) is 5.00 Å². The zero-order chi connectivity index (χ0) is 22.8. The van der Waals surface area contributed by atoms with Crippen molar-refractivity contribution in [2.45, 2.75) is 70.9 Å². The highest BCUT2D eigenvalue weighted by molar-refractivity contribution is 7.99. The van der Waals surface area contributed by atoms with Crippen LogP contribution in [-0.2, 0) is 24.1 Å². The summed E-state index contributed by atoms with van der Waals surface area (Å²) >= 11 is 2.72. The summed E-state index contributed by atoms with van der Waals surface area (Å²) in [5.41, 5.74) is 10.3. The molecule has 4 rings (SSSR count). The number of hydrogen-bond donors (Lipinski definition) is 2. The third kappa shape index (κ3) is 4.52. The van der Waals surface area contributed by atoms with Gasteiger partial charge in [-0.25, -0.2) is 9.50 Å². The highest BCUT2D eigenvalue weighted by Gasteiger charge is 2.25. The van der Waals surface area contributed by atoms with E-state index in [0.717, 1.165) is 66.8 Å². The number of rotatable bonds is 8. The average Bonchev–Trinajstić information content (AvgIpc) is 3.33. The second-order valence-corrected chi connectivity index (χ2v) is 10.1. The number of carbonyl (C=O) groups excluding carboxylic acids is 2. The summed E-state index contributed by atoms with van der Waals surface area (Å²) < 4.78 is 1.76.